The van der Waals surface area contributed by atoms with E-state index in [-0.39, 0.29) is 0 Å². The molecule has 0 heterocycles. The Morgan fingerprint density at radius 1 is 1.56 bits per heavy atom. The lowest BCUT2D eigenvalue weighted by atomic mass is 10.2. The third-order valence-electron chi connectivity index (χ3n) is 2.87. The molecule has 1 aromatic carbocycles. The van der Waals surface area contributed by atoms with Crippen molar-refractivity contribution in [1.29, 1.82) is 0 Å². The van der Waals surface area contributed by atoms with E-state index in [1.54, 1.807) is 6.07 Å². The molecule has 5 heteroatoms. The Hall–Kier alpha value is -1.65. The molecule has 1 aliphatic rings. The number of nitrogens with zero attached hydrogens (tertiary/aromatic N) is 1. The van der Waals surface area contributed by atoms with Crippen molar-refractivity contribution in [2.45, 2.75) is 25.8 Å². The second-order valence-corrected chi connectivity index (χ2v) is 4.19. The quantitative estimate of drug-likeness (QED) is 0.632. The van der Waals surface area contributed by atoms with Crippen molar-refractivity contribution < 1.29 is 9.31 Å². The van der Waals surface area contributed by atoms with Crippen molar-refractivity contribution in [2.24, 2.45) is 5.92 Å². The Morgan fingerprint density at radius 3 is 2.75 bits per heavy atom. The predicted octanol–water partition coefficient (Wildman–Crippen LogP) is 2.94. The largest absolute Gasteiger partial charge is 0.382 e. The first kappa shape index (κ1) is 10.9. The SMILES string of the molecule is CC(Nc1ccc([N+](=O)[O-])c(F)c1)C1CC1. The van der Waals surface area contributed by atoms with E-state index in [9.17, 15) is 14.5 Å². The molecule has 0 aromatic heterocycles. The first-order valence-corrected chi connectivity index (χ1v) is 5.28. The van der Waals surface area contributed by atoms with Gasteiger partial charge in [-0.3, -0.25) is 10.1 Å². The third-order valence-corrected chi connectivity index (χ3v) is 2.87. The van der Waals surface area contributed by atoms with Gasteiger partial charge in [-0.15, -0.1) is 0 Å². The highest BCUT2D eigenvalue weighted by Gasteiger charge is 2.28. The molecule has 4 nitrogen and oxygen atoms in total. The van der Waals surface area contributed by atoms with Crippen LogP contribution < -0.4 is 5.32 Å². The molecule has 86 valence electrons. The summed E-state index contributed by atoms with van der Waals surface area (Å²) in [7, 11) is 0. The summed E-state index contributed by atoms with van der Waals surface area (Å²) in [6.07, 6.45) is 2.40. The molecule has 0 spiro atoms. The Bertz CT molecular complexity index is 418. The first-order valence-electron chi connectivity index (χ1n) is 5.28. The van der Waals surface area contributed by atoms with E-state index in [4.69, 9.17) is 0 Å². The molecule has 0 amide bonds. The maximum atomic E-state index is 13.3. The van der Waals surface area contributed by atoms with Crippen LogP contribution in [0.2, 0.25) is 0 Å². The van der Waals surface area contributed by atoms with Crippen LogP contribution in [0.1, 0.15) is 19.8 Å². The fourth-order valence-corrected chi connectivity index (χ4v) is 1.72. The number of anilines is 1. The molecule has 1 unspecified atom stereocenters. The molecule has 1 fully saturated rings. The van der Waals surface area contributed by atoms with Crippen molar-refractivity contribution in [1.82, 2.24) is 0 Å². The minimum atomic E-state index is -0.794. The first-order chi connectivity index (χ1) is 7.58. The summed E-state index contributed by atoms with van der Waals surface area (Å²) in [4.78, 5) is 9.70. The van der Waals surface area contributed by atoms with Crippen LogP contribution >= 0.6 is 0 Å². The van der Waals surface area contributed by atoms with Gasteiger partial charge in [-0.1, -0.05) is 0 Å². The van der Waals surface area contributed by atoms with Crippen LogP contribution in [0, 0.1) is 21.8 Å². The lowest BCUT2D eigenvalue weighted by Crippen LogP contribution is -2.17. The lowest BCUT2D eigenvalue weighted by molar-refractivity contribution is -0.387. The van der Waals surface area contributed by atoms with E-state index < -0.39 is 16.4 Å². The number of nitro benzene ring substituents is 1. The maximum absolute atomic E-state index is 13.3. The van der Waals surface area contributed by atoms with E-state index in [1.165, 1.54) is 25.0 Å². The highest BCUT2D eigenvalue weighted by atomic mass is 19.1. The number of nitrogens with one attached hydrogen (secondary N) is 1. The fourth-order valence-electron chi connectivity index (χ4n) is 1.72. The Balaban J connectivity index is 2.10. The average Bonchev–Trinajstić information content (AvgIpc) is 2.99. The smallest absolute Gasteiger partial charge is 0.304 e. The van der Waals surface area contributed by atoms with Gasteiger partial charge in [0.05, 0.1) is 4.92 Å². The minimum Gasteiger partial charge on any atom is -0.382 e. The van der Waals surface area contributed by atoms with Crippen LogP contribution in [0.4, 0.5) is 15.8 Å². The van der Waals surface area contributed by atoms with Crippen molar-refractivity contribution in [3.63, 3.8) is 0 Å². The van der Waals surface area contributed by atoms with Crippen LogP contribution in [0.5, 0.6) is 0 Å². The number of rotatable bonds is 4. The number of benzene rings is 1. The number of hydrogen-bond acceptors (Lipinski definition) is 3. The molecule has 1 aromatic rings. The summed E-state index contributed by atoms with van der Waals surface area (Å²) >= 11 is 0. The summed E-state index contributed by atoms with van der Waals surface area (Å²) in [5.74, 6) is -0.142. The van der Waals surface area contributed by atoms with Crippen LogP contribution in [-0.4, -0.2) is 11.0 Å². The second kappa shape index (κ2) is 4.08. The molecule has 0 bridgehead atoms. The van der Waals surface area contributed by atoms with Gasteiger partial charge in [0.2, 0.25) is 5.82 Å². The monoisotopic (exact) mass is 224 g/mol. The zero-order chi connectivity index (χ0) is 11.7. The molecular weight excluding hydrogens is 211 g/mol. The average molecular weight is 224 g/mol. The molecule has 0 aliphatic heterocycles. The van der Waals surface area contributed by atoms with Crippen molar-refractivity contribution >= 4 is 11.4 Å². The number of hydrogen-bond donors (Lipinski definition) is 1. The third kappa shape index (κ3) is 2.29. The van der Waals surface area contributed by atoms with E-state index in [1.807, 2.05) is 6.92 Å². The number of halogens is 1. The molecule has 1 N–H and O–H groups in total. The van der Waals surface area contributed by atoms with Crippen molar-refractivity contribution in [3.8, 4) is 0 Å². The number of nitro groups is 1. The van der Waals surface area contributed by atoms with E-state index in [2.05, 4.69) is 5.32 Å². The van der Waals surface area contributed by atoms with E-state index >= 15 is 0 Å². The van der Waals surface area contributed by atoms with Crippen molar-refractivity contribution in [2.75, 3.05) is 5.32 Å². The molecule has 1 aliphatic carbocycles. The molecule has 16 heavy (non-hydrogen) atoms. The van der Waals surface area contributed by atoms with Crippen LogP contribution in [0.3, 0.4) is 0 Å². The summed E-state index contributed by atoms with van der Waals surface area (Å²) in [5, 5.41) is 13.6. The fraction of sp³-hybridized carbons (Fsp3) is 0.455. The standard InChI is InChI=1S/C11H13FN2O2/c1-7(8-2-3-8)13-9-4-5-11(14(15)16)10(12)6-9/h4-8,13H,2-3H2,1H3. The van der Waals surface area contributed by atoms with Gasteiger partial charge in [0.25, 0.3) is 0 Å². The van der Waals surface area contributed by atoms with Gasteiger partial charge < -0.3 is 5.32 Å². The van der Waals surface area contributed by atoms with E-state index in [0.29, 0.717) is 17.6 Å². The normalized spacial score (nSPS) is 16.9. The summed E-state index contributed by atoms with van der Waals surface area (Å²) in [6.45, 7) is 2.04. The topological polar surface area (TPSA) is 55.2 Å². The molecular formula is C11H13FN2O2. The predicted molar refractivity (Wildman–Crippen MR) is 58.9 cm³/mol. The Labute approximate surface area is 92.6 Å². The zero-order valence-corrected chi connectivity index (χ0v) is 8.94. The van der Waals surface area contributed by atoms with Gasteiger partial charge in [-0.05, 0) is 31.7 Å². The highest BCUT2D eigenvalue weighted by Crippen LogP contribution is 2.34. The van der Waals surface area contributed by atoms with Crippen LogP contribution in [0.15, 0.2) is 18.2 Å². The molecule has 1 atom stereocenters. The van der Waals surface area contributed by atoms with Crippen molar-refractivity contribution in [3.05, 3.63) is 34.1 Å². The maximum Gasteiger partial charge on any atom is 0.304 e. The van der Waals surface area contributed by atoms with Gasteiger partial charge in [0.15, 0.2) is 0 Å². The van der Waals surface area contributed by atoms with Crippen LogP contribution in [0.25, 0.3) is 0 Å². The van der Waals surface area contributed by atoms with Gasteiger partial charge in [-0.25, -0.2) is 0 Å². The molecule has 2 rings (SSSR count). The lowest BCUT2D eigenvalue weighted by Gasteiger charge is -2.13. The van der Waals surface area contributed by atoms with Gasteiger partial charge in [0, 0.05) is 23.9 Å². The second-order valence-electron chi connectivity index (χ2n) is 4.19. The zero-order valence-electron chi connectivity index (χ0n) is 8.94. The van der Waals surface area contributed by atoms with Gasteiger partial charge in [0.1, 0.15) is 0 Å². The highest BCUT2D eigenvalue weighted by molar-refractivity contribution is 5.50. The summed E-state index contributed by atoms with van der Waals surface area (Å²) in [5.41, 5.74) is 0.118. The van der Waals surface area contributed by atoms with Crippen LogP contribution in [-0.2, 0) is 0 Å². The molecule has 1 saturated carbocycles. The van der Waals surface area contributed by atoms with Gasteiger partial charge in [-0.2, -0.15) is 4.39 Å². The molecule has 0 radical (unpaired) electrons. The van der Waals surface area contributed by atoms with E-state index in [0.717, 1.165) is 0 Å². The molecule has 0 saturated heterocycles. The summed E-state index contributed by atoms with van der Waals surface area (Å²) < 4.78 is 13.3. The Kier molecular flexibility index (Phi) is 2.77. The summed E-state index contributed by atoms with van der Waals surface area (Å²) in [6, 6.07) is 4.20. The Morgan fingerprint density at radius 2 is 2.25 bits per heavy atom. The van der Waals surface area contributed by atoms with Gasteiger partial charge >= 0.3 is 5.69 Å². The minimum absolute atomic E-state index is 0.292.